The van der Waals surface area contributed by atoms with Gasteiger partial charge < -0.3 is 11.1 Å². The van der Waals surface area contributed by atoms with Crippen molar-refractivity contribution in [2.24, 2.45) is 0 Å². The highest BCUT2D eigenvalue weighted by Gasteiger charge is 2.25. The standard InChI is InChI=1S/C11H14ClN3O3S/c12-7-1-3-10(9(13)5-7)19(17,18)15-8-2-4-11(16)14-6-8/h1,3,5,8,15H,2,4,6,13H2,(H,14,16). The van der Waals surface area contributed by atoms with Gasteiger partial charge in [0.05, 0.1) is 5.69 Å². The highest BCUT2D eigenvalue weighted by atomic mass is 35.5. The van der Waals surface area contributed by atoms with Crippen LogP contribution in [0.25, 0.3) is 0 Å². The smallest absolute Gasteiger partial charge is 0.242 e. The minimum atomic E-state index is -3.71. The molecule has 0 spiro atoms. The lowest BCUT2D eigenvalue weighted by molar-refractivity contribution is -0.122. The van der Waals surface area contributed by atoms with Crippen LogP contribution < -0.4 is 15.8 Å². The van der Waals surface area contributed by atoms with Crippen LogP contribution in [-0.4, -0.2) is 26.9 Å². The molecule has 0 radical (unpaired) electrons. The Kier molecular flexibility index (Phi) is 3.98. The van der Waals surface area contributed by atoms with Crippen LogP contribution in [0, 0.1) is 0 Å². The SMILES string of the molecule is Nc1cc(Cl)ccc1S(=O)(=O)NC1CCC(=O)NC1. The summed E-state index contributed by atoms with van der Waals surface area (Å²) in [6.07, 6.45) is 0.780. The number of hydrogen-bond donors (Lipinski definition) is 3. The zero-order valence-electron chi connectivity index (χ0n) is 10.0. The molecule has 1 unspecified atom stereocenters. The van der Waals surface area contributed by atoms with Gasteiger partial charge in [0.1, 0.15) is 4.90 Å². The lowest BCUT2D eigenvalue weighted by atomic mass is 10.1. The maximum absolute atomic E-state index is 12.2. The van der Waals surface area contributed by atoms with E-state index in [1.807, 2.05) is 0 Å². The van der Waals surface area contributed by atoms with E-state index in [2.05, 4.69) is 10.0 Å². The second-order valence-electron chi connectivity index (χ2n) is 4.34. The molecule has 4 N–H and O–H groups in total. The fraction of sp³-hybridized carbons (Fsp3) is 0.364. The molecule has 2 rings (SSSR count). The highest BCUT2D eigenvalue weighted by Crippen LogP contribution is 2.22. The monoisotopic (exact) mass is 303 g/mol. The van der Waals surface area contributed by atoms with Crippen LogP contribution in [0.1, 0.15) is 12.8 Å². The van der Waals surface area contributed by atoms with Gasteiger partial charge in [-0.1, -0.05) is 11.6 Å². The second kappa shape index (κ2) is 5.36. The average molecular weight is 304 g/mol. The molecule has 1 amide bonds. The molecule has 0 aromatic heterocycles. The highest BCUT2D eigenvalue weighted by molar-refractivity contribution is 7.89. The molecule has 1 aromatic carbocycles. The number of nitrogens with one attached hydrogen (secondary N) is 2. The van der Waals surface area contributed by atoms with Gasteiger partial charge in [-0.2, -0.15) is 0 Å². The molecule has 1 aliphatic heterocycles. The summed E-state index contributed by atoms with van der Waals surface area (Å²) < 4.78 is 26.9. The Hall–Kier alpha value is -1.31. The Balaban J connectivity index is 2.16. The summed E-state index contributed by atoms with van der Waals surface area (Å²) in [5.41, 5.74) is 5.76. The molecule has 1 aromatic rings. The molecule has 19 heavy (non-hydrogen) atoms. The third kappa shape index (κ3) is 3.37. The fourth-order valence-corrected chi connectivity index (χ4v) is 3.44. The number of halogens is 1. The molecule has 1 fully saturated rings. The van der Waals surface area contributed by atoms with Gasteiger partial charge in [-0.05, 0) is 24.6 Å². The van der Waals surface area contributed by atoms with E-state index < -0.39 is 10.0 Å². The summed E-state index contributed by atoms with van der Waals surface area (Å²) in [6.45, 7) is 0.283. The third-order valence-corrected chi connectivity index (χ3v) is 4.68. The van der Waals surface area contributed by atoms with Crippen molar-refractivity contribution >= 4 is 33.2 Å². The molecule has 8 heteroatoms. The number of hydrogen-bond acceptors (Lipinski definition) is 4. The number of amides is 1. The van der Waals surface area contributed by atoms with Gasteiger partial charge in [0, 0.05) is 24.0 Å². The predicted molar refractivity (Wildman–Crippen MR) is 72.2 cm³/mol. The van der Waals surface area contributed by atoms with Gasteiger partial charge in [0.15, 0.2) is 0 Å². The van der Waals surface area contributed by atoms with E-state index in [1.54, 1.807) is 0 Å². The fourth-order valence-electron chi connectivity index (χ4n) is 1.88. The van der Waals surface area contributed by atoms with Crippen LogP contribution in [0.4, 0.5) is 5.69 Å². The summed E-state index contributed by atoms with van der Waals surface area (Å²) in [7, 11) is -3.71. The third-order valence-electron chi connectivity index (χ3n) is 2.85. The Morgan fingerprint density at radius 3 is 2.74 bits per heavy atom. The average Bonchev–Trinajstić information content (AvgIpc) is 2.31. The van der Waals surface area contributed by atoms with Gasteiger partial charge in [0.2, 0.25) is 15.9 Å². The Labute approximate surface area is 116 Å². The van der Waals surface area contributed by atoms with E-state index >= 15 is 0 Å². The number of nitrogens with two attached hydrogens (primary N) is 1. The van der Waals surface area contributed by atoms with E-state index in [-0.39, 0.29) is 29.1 Å². The molecule has 0 saturated carbocycles. The van der Waals surface area contributed by atoms with Crippen molar-refractivity contribution in [1.29, 1.82) is 0 Å². The van der Waals surface area contributed by atoms with Crippen molar-refractivity contribution in [3.05, 3.63) is 23.2 Å². The molecule has 6 nitrogen and oxygen atoms in total. The van der Waals surface area contributed by atoms with Gasteiger partial charge in [-0.25, -0.2) is 13.1 Å². The number of carbonyl (C=O) groups is 1. The molecule has 0 bridgehead atoms. The van der Waals surface area contributed by atoms with Gasteiger partial charge in [0.25, 0.3) is 0 Å². The second-order valence-corrected chi connectivity index (χ2v) is 6.46. The van der Waals surface area contributed by atoms with Crippen LogP contribution in [0.2, 0.25) is 5.02 Å². The van der Waals surface area contributed by atoms with E-state index in [9.17, 15) is 13.2 Å². The molecular formula is C11H14ClN3O3S. The van der Waals surface area contributed by atoms with Crippen molar-refractivity contribution in [2.75, 3.05) is 12.3 Å². The molecule has 1 atom stereocenters. The van der Waals surface area contributed by atoms with Crippen molar-refractivity contribution in [3.63, 3.8) is 0 Å². The maximum atomic E-state index is 12.2. The number of benzene rings is 1. The normalized spacial score (nSPS) is 20.1. The van der Waals surface area contributed by atoms with Crippen LogP contribution in [0.15, 0.2) is 23.1 Å². The first-order chi connectivity index (χ1) is 8.88. The van der Waals surface area contributed by atoms with Crippen LogP contribution in [0.5, 0.6) is 0 Å². The molecule has 1 aliphatic rings. The van der Waals surface area contributed by atoms with Crippen LogP contribution in [0.3, 0.4) is 0 Å². The lowest BCUT2D eigenvalue weighted by Gasteiger charge is -2.23. The van der Waals surface area contributed by atoms with Crippen LogP contribution in [-0.2, 0) is 14.8 Å². The minimum absolute atomic E-state index is 0.00574. The molecule has 1 saturated heterocycles. The number of anilines is 1. The first-order valence-electron chi connectivity index (χ1n) is 5.72. The zero-order chi connectivity index (χ0) is 14.0. The number of rotatable bonds is 3. The Bertz CT molecular complexity index is 593. The van der Waals surface area contributed by atoms with Crippen molar-refractivity contribution in [1.82, 2.24) is 10.0 Å². The summed E-state index contributed by atoms with van der Waals surface area (Å²) >= 11 is 5.73. The predicted octanol–water partition coefficient (Wildman–Crippen LogP) is 0.479. The van der Waals surface area contributed by atoms with E-state index in [1.165, 1.54) is 18.2 Å². The van der Waals surface area contributed by atoms with E-state index in [0.29, 0.717) is 17.9 Å². The first-order valence-corrected chi connectivity index (χ1v) is 7.58. The summed E-state index contributed by atoms with van der Waals surface area (Å²) in [6, 6.07) is 3.90. The summed E-state index contributed by atoms with van der Waals surface area (Å²) in [4.78, 5) is 11.0. The molecule has 104 valence electrons. The van der Waals surface area contributed by atoms with Crippen molar-refractivity contribution < 1.29 is 13.2 Å². The quantitative estimate of drug-likeness (QED) is 0.707. The Morgan fingerprint density at radius 1 is 1.42 bits per heavy atom. The first kappa shape index (κ1) is 14.1. The van der Waals surface area contributed by atoms with E-state index in [0.717, 1.165) is 0 Å². The maximum Gasteiger partial charge on any atom is 0.242 e. The summed E-state index contributed by atoms with van der Waals surface area (Å²) in [5.74, 6) is -0.0681. The zero-order valence-corrected chi connectivity index (χ0v) is 11.6. The molecular weight excluding hydrogens is 290 g/mol. The number of nitrogen functional groups attached to an aromatic ring is 1. The van der Waals surface area contributed by atoms with Gasteiger partial charge in [-0.3, -0.25) is 4.79 Å². The summed E-state index contributed by atoms with van der Waals surface area (Å²) in [5, 5.41) is 2.99. The van der Waals surface area contributed by atoms with E-state index in [4.69, 9.17) is 17.3 Å². The van der Waals surface area contributed by atoms with Gasteiger partial charge in [-0.15, -0.1) is 0 Å². The van der Waals surface area contributed by atoms with Crippen LogP contribution >= 0.6 is 11.6 Å². The number of piperidine rings is 1. The molecule has 1 heterocycles. The topological polar surface area (TPSA) is 101 Å². The Morgan fingerprint density at radius 2 is 2.16 bits per heavy atom. The largest absolute Gasteiger partial charge is 0.398 e. The lowest BCUT2D eigenvalue weighted by Crippen LogP contribution is -2.47. The minimum Gasteiger partial charge on any atom is -0.398 e. The number of carbonyl (C=O) groups excluding carboxylic acids is 1. The van der Waals surface area contributed by atoms with Crippen molar-refractivity contribution in [3.8, 4) is 0 Å². The number of sulfonamides is 1. The van der Waals surface area contributed by atoms with Crippen molar-refractivity contribution in [2.45, 2.75) is 23.8 Å². The van der Waals surface area contributed by atoms with Gasteiger partial charge >= 0.3 is 0 Å². The molecule has 0 aliphatic carbocycles.